The summed E-state index contributed by atoms with van der Waals surface area (Å²) in [6, 6.07) is 9.84. The molecular weight excluding hydrogens is 765 g/mol. The second-order valence-electron chi connectivity index (χ2n) is 13.1. The minimum Gasteiger partial charge on any atom is -0.447 e. The van der Waals surface area contributed by atoms with Gasteiger partial charge in [0.05, 0.1) is 34.4 Å². The van der Waals surface area contributed by atoms with Crippen molar-refractivity contribution in [1.29, 1.82) is 10.7 Å². The van der Waals surface area contributed by atoms with Crippen molar-refractivity contribution in [2.45, 2.75) is 63.8 Å². The van der Waals surface area contributed by atoms with Gasteiger partial charge in [0, 0.05) is 23.9 Å². The van der Waals surface area contributed by atoms with Crippen molar-refractivity contribution < 1.29 is 45.1 Å². The summed E-state index contributed by atoms with van der Waals surface area (Å²) in [4.78, 5) is 31.7. The molecule has 2 heterocycles. The minimum absolute atomic E-state index is 0.00756. The highest BCUT2D eigenvalue weighted by Crippen LogP contribution is 2.49. The molecule has 2 aromatic carbocycles. The van der Waals surface area contributed by atoms with Gasteiger partial charge in [-0.25, -0.2) is 27.9 Å². The Bertz CT molecular complexity index is 2080. The third-order valence-corrected chi connectivity index (χ3v) is 9.06. The van der Waals surface area contributed by atoms with Gasteiger partial charge in [-0.2, -0.15) is 37.4 Å². The Morgan fingerprint density at radius 2 is 1.78 bits per heavy atom. The molecule has 13 nitrogen and oxygen atoms in total. The van der Waals surface area contributed by atoms with Crippen molar-refractivity contribution in [2.24, 2.45) is 5.41 Å². The number of hydrogen-bond acceptors (Lipinski definition) is 8. The number of alkyl carbamates (subject to hydrolysis) is 1. The molecule has 0 radical (unpaired) electrons. The number of amides is 2. The van der Waals surface area contributed by atoms with Gasteiger partial charge in [0.15, 0.2) is 11.8 Å². The number of nitriles is 1. The highest BCUT2D eigenvalue weighted by molar-refractivity contribution is 6.32. The largest absolute Gasteiger partial charge is 0.447 e. The molecule has 5 rings (SSSR count). The number of carbonyl (C=O) groups is 2. The molecule has 3 N–H and O–H groups in total. The fourth-order valence-corrected chi connectivity index (χ4v) is 5.56. The van der Waals surface area contributed by atoms with Crippen LogP contribution >= 0.6 is 11.6 Å². The number of nitrogens with one attached hydrogen (secondary N) is 3. The fourth-order valence-electron chi connectivity index (χ4n) is 5.37. The van der Waals surface area contributed by atoms with E-state index in [-0.39, 0.29) is 34.8 Å². The second kappa shape index (κ2) is 15.9. The van der Waals surface area contributed by atoms with Crippen LogP contribution in [0.2, 0.25) is 5.02 Å². The lowest BCUT2D eigenvalue weighted by molar-refractivity contribution is -0.164. The molecule has 1 fully saturated rings. The monoisotopic (exact) mass is 796 g/mol. The van der Waals surface area contributed by atoms with E-state index in [0.29, 0.717) is 15.8 Å². The molecule has 1 atom stereocenters. The first-order valence-corrected chi connectivity index (χ1v) is 16.7. The lowest BCUT2D eigenvalue weighted by Crippen LogP contribution is -2.50. The van der Waals surface area contributed by atoms with E-state index in [2.05, 4.69) is 26.6 Å². The molecule has 0 saturated heterocycles. The zero-order valence-electron chi connectivity index (χ0n) is 28.9. The highest BCUT2D eigenvalue weighted by atomic mass is 35.5. The highest BCUT2D eigenvalue weighted by Gasteiger charge is 2.64. The van der Waals surface area contributed by atoms with Crippen LogP contribution < -0.4 is 10.6 Å². The Morgan fingerprint density at radius 3 is 2.36 bits per heavy atom. The van der Waals surface area contributed by atoms with Crippen LogP contribution in [0.5, 0.6) is 0 Å². The van der Waals surface area contributed by atoms with Crippen molar-refractivity contribution in [2.75, 3.05) is 13.2 Å². The lowest BCUT2D eigenvalue weighted by Gasteiger charge is -2.33. The van der Waals surface area contributed by atoms with Crippen LogP contribution in [0.3, 0.4) is 0 Å². The number of hydrogen-bond donors (Lipinski definition) is 3. The maximum atomic E-state index is 14.4. The Balaban J connectivity index is 1.56. The quantitative estimate of drug-likeness (QED) is 0.0707. The molecule has 4 aromatic rings. The topological polar surface area (TPSA) is 167 Å². The van der Waals surface area contributed by atoms with Crippen LogP contribution in [0.25, 0.3) is 16.8 Å². The molecule has 2 aromatic heterocycles. The van der Waals surface area contributed by atoms with E-state index in [9.17, 15) is 45.6 Å². The van der Waals surface area contributed by atoms with Crippen LogP contribution in [0.15, 0.2) is 61.2 Å². The SMILES string of the molecule is CC(C)(C#N)CCNC(=N)N(C(=O)c1ccc(-c2cnn(C(F)F)c2)cc1)[C@H](COC(=O)NC1(C(F)(F)F)CC1)c1ccc(Cl)c(-n2ncnc2C(F)F)c1. The predicted octanol–water partition coefficient (Wildman–Crippen LogP) is 7.59. The van der Waals surface area contributed by atoms with Gasteiger partial charge in [-0.05, 0) is 68.5 Å². The van der Waals surface area contributed by atoms with E-state index in [4.69, 9.17) is 21.7 Å². The van der Waals surface area contributed by atoms with E-state index in [1.807, 2.05) is 5.32 Å². The summed E-state index contributed by atoms with van der Waals surface area (Å²) in [5.74, 6) is -2.32. The van der Waals surface area contributed by atoms with Crippen LogP contribution in [0.4, 0.5) is 35.5 Å². The summed E-state index contributed by atoms with van der Waals surface area (Å²) in [5, 5.41) is 30.4. The Hall–Kier alpha value is -5.71. The fraction of sp³-hybridized carbons (Fsp3) is 0.382. The third-order valence-electron chi connectivity index (χ3n) is 8.74. The first-order valence-electron chi connectivity index (χ1n) is 16.4. The summed E-state index contributed by atoms with van der Waals surface area (Å²) in [6.45, 7) is -0.511. The van der Waals surface area contributed by atoms with E-state index in [1.54, 1.807) is 13.8 Å². The van der Waals surface area contributed by atoms with Gasteiger partial charge in [0.1, 0.15) is 18.5 Å². The molecule has 1 aliphatic carbocycles. The average Bonchev–Trinajstić information content (AvgIpc) is 3.51. The third kappa shape index (κ3) is 9.16. The molecule has 55 heavy (non-hydrogen) atoms. The number of benzene rings is 2. The van der Waals surface area contributed by atoms with Crippen molar-refractivity contribution in [3.63, 3.8) is 0 Å². The molecule has 21 heteroatoms. The Labute approximate surface area is 313 Å². The minimum atomic E-state index is -4.79. The number of aromatic nitrogens is 5. The maximum absolute atomic E-state index is 14.4. The van der Waals surface area contributed by atoms with Crippen molar-refractivity contribution >= 4 is 29.6 Å². The first-order chi connectivity index (χ1) is 25.9. The normalized spacial score (nSPS) is 14.3. The first kappa shape index (κ1) is 40.5. The van der Waals surface area contributed by atoms with Crippen LogP contribution in [0, 0.1) is 22.2 Å². The van der Waals surface area contributed by atoms with Gasteiger partial charge in [0.25, 0.3) is 12.3 Å². The summed E-state index contributed by atoms with van der Waals surface area (Å²) in [5.41, 5.74) is -2.92. The number of guanidine groups is 1. The number of rotatable bonds is 13. The zero-order chi connectivity index (χ0) is 40.3. The molecule has 0 spiro atoms. The van der Waals surface area contributed by atoms with Crippen LogP contribution in [-0.4, -0.2) is 72.3 Å². The smallest absolute Gasteiger partial charge is 0.411 e. The Morgan fingerprint density at radius 1 is 1.09 bits per heavy atom. The van der Waals surface area contributed by atoms with E-state index < -0.39 is 79.4 Å². The standard InChI is InChI=1S/C34H32ClF7N10O3/c1-32(2,17-43)11-12-45-30(44)51(28(53)20-5-3-19(4-6-20)22-14-47-50(15-22)29(38)39)25(16-55-31(54)49-33(9-10-33)34(40,41)42)21-7-8-23(35)24(13-21)52-27(26(36)37)46-18-48-52/h3-8,13-15,18,25-26,29H,9-12,16H2,1-2H3,(H2,44,45)(H,49,54)/t25-/m1/s1. The van der Waals surface area contributed by atoms with E-state index in [1.165, 1.54) is 48.7 Å². The summed E-state index contributed by atoms with van der Waals surface area (Å²) in [6.07, 6.45) is -6.84. The van der Waals surface area contributed by atoms with E-state index >= 15 is 0 Å². The molecule has 292 valence electrons. The molecule has 0 aliphatic heterocycles. The summed E-state index contributed by atoms with van der Waals surface area (Å²) < 4.78 is 101. The van der Waals surface area contributed by atoms with Gasteiger partial charge in [0.2, 0.25) is 0 Å². The zero-order valence-corrected chi connectivity index (χ0v) is 29.7. The number of nitrogens with zero attached hydrogens (tertiary/aromatic N) is 7. The summed E-state index contributed by atoms with van der Waals surface area (Å²) in [7, 11) is 0. The van der Waals surface area contributed by atoms with Gasteiger partial charge in [-0.3, -0.25) is 15.1 Å². The molecular formula is C34H32ClF7N10O3. The summed E-state index contributed by atoms with van der Waals surface area (Å²) >= 11 is 6.38. The maximum Gasteiger partial charge on any atom is 0.411 e. The van der Waals surface area contributed by atoms with Crippen LogP contribution in [-0.2, 0) is 4.74 Å². The molecule has 1 saturated carbocycles. The van der Waals surface area contributed by atoms with Crippen molar-refractivity contribution in [3.05, 3.63) is 83.2 Å². The number of halogens is 8. The van der Waals surface area contributed by atoms with Crippen molar-refractivity contribution in [3.8, 4) is 22.9 Å². The average molecular weight is 797 g/mol. The number of ether oxygens (including phenoxy) is 1. The Kier molecular flexibility index (Phi) is 11.7. The molecule has 0 unspecified atom stereocenters. The van der Waals surface area contributed by atoms with Crippen molar-refractivity contribution in [1.82, 2.24) is 40.1 Å². The van der Waals surface area contributed by atoms with E-state index in [0.717, 1.165) is 22.1 Å². The lowest BCUT2D eigenvalue weighted by atomic mass is 9.91. The predicted molar refractivity (Wildman–Crippen MR) is 181 cm³/mol. The molecule has 0 bridgehead atoms. The number of alkyl halides is 7. The van der Waals surface area contributed by atoms with Gasteiger partial charge in [-0.15, -0.1) is 0 Å². The van der Waals surface area contributed by atoms with Crippen LogP contribution in [0.1, 0.15) is 73.9 Å². The van der Waals surface area contributed by atoms with Gasteiger partial charge >= 0.3 is 18.8 Å². The van der Waals surface area contributed by atoms with Gasteiger partial charge in [-0.1, -0.05) is 29.8 Å². The second-order valence-corrected chi connectivity index (χ2v) is 13.5. The molecule has 1 aliphatic rings. The van der Waals surface area contributed by atoms with Gasteiger partial charge < -0.3 is 15.4 Å². The number of carbonyl (C=O) groups excluding carboxylic acids is 2. The molecule has 2 amide bonds.